The van der Waals surface area contributed by atoms with Crippen LogP contribution in [0.1, 0.15) is 24.6 Å². The number of aromatic amines is 1. The van der Waals surface area contributed by atoms with Crippen LogP contribution >= 0.6 is 0 Å². The van der Waals surface area contributed by atoms with E-state index in [0.29, 0.717) is 0 Å². The molecular formula is C20H24N2O3. The number of methoxy groups -OCH3 is 2. The zero-order valence-electron chi connectivity index (χ0n) is 15.0. The predicted molar refractivity (Wildman–Crippen MR) is 96.1 cm³/mol. The fourth-order valence-corrected chi connectivity index (χ4v) is 4.64. The molecule has 0 amide bonds. The van der Waals surface area contributed by atoms with Crippen molar-refractivity contribution in [3.8, 4) is 0 Å². The fourth-order valence-electron chi connectivity index (χ4n) is 4.64. The van der Waals surface area contributed by atoms with Crippen molar-refractivity contribution in [1.82, 2.24) is 9.88 Å². The number of piperidine rings is 1. The molecule has 0 radical (unpaired) electrons. The van der Waals surface area contributed by atoms with Gasteiger partial charge in [0.15, 0.2) is 0 Å². The number of rotatable bonds is 2. The molecule has 1 aromatic heterocycles. The van der Waals surface area contributed by atoms with Crippen LogP contribution in [0.25, 0.3) is 10.9 Å². The number of H-pyrrole nitrogens is 1. The molecule has 5 heteroatoms. The first-order valence-corrected chi connectivity index (χ1v) is 8.76. The lowest BCUT2D eigenvalue weighted by Crippen LogP contribution is -2.53. The molecule has 5 rings (SSSR count). The second-order valence-corrected chi connectivity index (χ2v) is 6.87. The monoisotopic (exact) mass is 340 g/mol. The van der Waals surface area contributed by atoms with E-state index in [2.05, 4.69) is 22.0 Å². The SMILES string of the molecule is CC=C1CN2CCC1[C@](OC)(C(=O)OC)c1[nH]c3ccccc3c1C2. The Hall–Kier alpha value is -2.11. The number of hydrogen-bond acceptors (Lipinski definition) is 4. The third-order valence-corrected chi connectivity index (χ3v) is 5.83. The summed E-state index contributed by atoms with van der Waals surface area (Å²) in [7, 11) is 3.06. The molecule has 2 unspecified atom stereocenters. The summed E-state index contributed by atoms with van der Waals surface area (Å²) in [5, 5.41) is 1.15. The molecule has 3 aliphatic rings. The molecule has 132 valence electrons. The normalized spacial score (nSPS) is 30.1. The molecule has 4 heterocycles. The zero-order valence-corrected chi connectivity index (χ0v) is 15.0. The molecule has 0 aliphatic carbocycles. The topological polar surface area (TPSA) is 54.6 Å². The van der Waals surface area contributed by atoms with Gasteiger partial charge in [0.2, 0.25) is 5.60 Å². The van der Waals surface area contributed by atoms with Crippen LogP contribution < -0.4 is 0 Å². The molecule has 1 aromatic carbocycles. The minimum absolute atomic E-state index is 0.0293. The van der Waals surface area contributed by atoms with Crippen LogP contribution in [0.5, 0.6) is 0 Å². The van der Waals surface area contributed by atoms with Crippen LogP contribution in [0.2, 0.25) is 0 Å². The van der Waals surface area contributed by atoms with Crippen molar-refractivity contribution in [3.63, 3.8) is 0 Å². The number of ether oxygens (including phenoxy) is 2. The Morgan fingerprint density at radius 1 is 1.32 bits per heavy atom. The Bertz CT molecular complexity index is 854. The van der Waals surface area contributed by atoms with Gasteiger partial charge in [0.1, 0.15) is 0 Å². The molecule has 1 fully saturated rings. The van der Waals surface area contributed by atoms with E-state index in [1.165, 1.54) is 12.7 Å². The van der Waals surface area contributed by atoms with Gasteiger partial charge >= 0.3 is 5.97 Å². The Morgan fingerprint density at radius 3 is 2.84 bits per heavy atom. The number of hydrogen-bond donors (Lipinski definition) is 1. The first-order chi connectivity index (χ1) is 12.2. The van der Waals surface area contributed by atoms with Crippen LogP contribution in [0, 0.1) is 5.92 Å². The highest BCUT2D eigenvalue weighted by atomic mass is 16.6. The van der Waals surface area contributed by atoms with Crippen molar-refractivity contribution < 1.29 is 14.3 Å². The molecule has 5 nitrogen and oxygen atoms in total. The van der Waals surface area contributed by atoms with Crippen LogP contribution in [0.4, 0.5) is 0 Å². The minimum Gasteiger partial charge on any atom is -0.467 e. The lowest BCUT2D eigenvalue weighted by atomic mass is 9.72. The summed E-state index contributed by atoms with van der Waals surface area (Å²) >= 11 is 0. The van der Waals surface area contributed by atoms with Gasteiger partial charge in [-0.15, -0.1) is 0 Å². The lowest BCUT2D eigenvalue weighted by molar-refractivity contribution is -0.177. The van der Waals surface area contributed by atoms with Crippen LogP contribution in [0.3, 0.4) is 0 Å². The largest absolute Gasteiger partial charge is 0.467 e. The molecule has 1 saturated heterocycles. The molecule has 1 N–H and O–H groups in total. The fraction of sp³-hybridized carbons (Fsp3) is 0.450. The molecule has 0 saturated carbocycles. The van der Waals surface area contributed by atoms with E-state index in [0.717, 1.165) is 48.2 Å². The van der Waals surface area contributed by atoms with Crippen LogP contribution in [0.15, 0.2) is 35.9 Å². The smallest absolute Gasteiger partial charge is 0.345 e. The van der Waals surface area contributed by atoms with Gasteiger partial charge in [-0.05, 0) is 31.5 Å². The number of carbonyl (C=O) groups excluding carboxylic acids is 1. The van der Waals surface area contributed by atoms with E-state index in [4.69, 9.17) is 9.47 Å². The van der Waals surface area contributed by atoms with Crippen molar-refractivity contribution in [2.45, 2.75) is 25.5 Å². The van der Waals surface area contributed by atoms with Gasteiger partial charge in [0.25, 0.3) is 0 Å². The number of allylic oxidation sites excluding steroid dienone is 1. The first-order valence-electron chi connectivity index (χ1n) is 8.76. The van der Waals surface area contributed by atoms with Gasteiger partial charge in [-0.25, -0.2) is 4.79 Å². The van der Waals surface area contributed by atoms with E-state index in [9.17, 15) is 4.79 Å². The number of aromatic nitrogens is 1. The molecule has 3 aliphatic heterocycles. The number of para-hydroxylation sites is 1. The zero-order chi connectivity index (χ0) is 17.6. The third kappa shape index (κ3) is 2.19. The second kappa shape index (κ2) is 6.00. The van der Waals surface area contributed by atoms with Gasteiger partial charge in [0.05, 0.1) is 12.8 Å². The quantitative estimate of drug-likeness (QED) is 0.675. The maximum absolute atomic E-state index is 13.1. The number of benzene rings is 1. The molecule has 2 aromatic rings. The average Bonchev–Trinajstić information content (AvgIpc) is 2.99. The summed E-state index contributed by atoms with van der Waals surface area (Å²) in [6.07, 6.45) is 3.00. The van der Waals surface area contributed by atoms with Crippen molar-refractivity contribution in [3.05, 3.63) is 47.2 Å². The van der Waals surface area contributed by atoms with Crippen molar-refractivity contribution in [2.24, 2.45) is 5.92 Å². The van der Waals surface area contributed by atoms with Gasteiger partial charge in [0, 0.05) is 37.0 Å². The predicted octanol–water partition coefficient (Wildman–Crippen LogP) is 2.96. The van der Waals surface area contributed by atoms with Crippen molar-refractivity contribution >= 4 is 16.9 Å². The molecule has 0 spiro atoms. The van der Waals surface area contributed by atoms with Gasteiger partial charge in [-0.3, -0.25) is 4.90 Å². The third-order valence-electron chi connectivity index (χ3n) is 5.83. The van der Waals surface area contributed by atoms with Crippen molar-refractivity contribution in [2.75, 3.05) is 27.3 Å². The standard InChI is InChI=1S/C20H24N2O3/c1-4-13-11-22-10-9-16(13)20(25-3,19(23)24-2)18-15(12-22)14-7-5-6-8-17(14)21-18/h4-8,16,21H,9-12H2,1-3H3/t16?,20-/m1/s1. The second-order valence-electron chi connectivity index (χ2n) is 6.87. The van der Waals surface area contributed by atoms with E-state index >= 15 is 0 Å². The average molecular weight is 340 g/mol. The maximum atomic E-state index is 13.1. The summed E-state index contributed by atoms with van der Waals surface area (Å²) in [6.45, 7) is 4.65. The highest BCUT2D eigenvalue weighted by Gasteiger charge is 2.55. The highest BCUT2D eigenvalue weighted by Crippen LogP contribution is 2.47. The van der Waals surface area contributed by atoms with Crippen LogP contribution in [-0.2, 0) is 26.4 Å². The van der Waals surface area contributed by atoms with E-state index in [-0.39, 0.29) is 11.9 Å². The number of fused-ring (bicyclic) bond motifs is 3. The summed E-state index contributed by atoms with van der Waals surface area (Å²) < 4.78 is 11.3. The van der Waals surface area contributed by atoms with E-state index in [1.807, 2.05) is 25.1 Å². The summed E-state index contributed by atoms with van der Waals surface area (Å²) in [4.78, 5) is 19.0. The number of nitrogens with zero attached hydrogens (tertiary/aromatic N) is 1. The number of esters is 1. The number of carbonyl (C=O) groups is 1. The van der Waals surface area contributed by atoms with E-state index in [1.54, 1.807) is 7.11 Å². The minimum atomic E-state index is -1.13. The highest BCUT2D eigenvalue weighted by molar-refractivity contribution is 5.90. The summed E-state index contributed by atoms with van der Waals surface area (Å²) in [5.41, 5.74) is 3.13. The Balaban J connectivity index is 2.06. The molecule has 3 atom stereocenters. The number of nitrogens with one attached hydrogen (secondary N) is 1. The van der Waals surface area contributed by atoms with Crippen LogP contribution in [-0.4, -0.2) is 43.2 Å². The molecular weight excluding hydrogens is 316 g/mol. The van der Waals surface area contributed by atoms with Gasteiger partial charge < -0.3 is 14.5 Å². The Kier molecular flexibility index (Phi) is 3.93. The van der Waals surface area contributed by atoms with Gasteiger partial charge in [-0.1, -0.05) is 29.8 Å². The molecule has 25 heavy (non-hydrogen) atoms. The molecule has 2 bridgehead atoms. The van der Waals surface area contributed by atoms with Gasteiger partial charge in [-0.2, -0.15) is 0 Å². The Labute approximate surface area is 147 Å². The Morgan fingerprint density at radius 2 is 2.12 bits per heavy atom. The summed E-state index contributed by atoms with van der Waals surface area (Å²) in [6, 6.07) is 8.19. The summed E-state index contributed by atoms with van der Waals surface area (Å²) in [5.74, 6) is -0.360. The van der Waals surface area contributed by atoms with E-state index < -0.39 is 5.60 Å². The maximum Gasteiger partial charge on any atom is 0.345 e. The first kappa shape index (κ1) is 16.4. The van der Waals surface area contributed by atoms with Crippen molar-refractivity contribution in [1.29, 1.82) is 0 Å². The lowest BCUT2D eigenvalue weighted by Gasteiger charge is -2.46.